The number of aliphatic imine (C=N–C) groups is 1. The van der Waals surface area contributed by atoms with Crippen LogP contribution in [0.15, 0.2) is 52.4 Å². The number of ketones is 1. The summed E-state index contributed by atoms with van der Waals surface area (Å²) < 4.78 is 0. The Kier molecular flexibility index (Phi) is 3.75. The van der Waals surface area contributed by atoms with Gasteiger partial charge >= 0.3 is 0 Å². The molecule has 0 saturated carbocycles. The van der Waals surface area contributed by atoms with E-state index >= 15 is 0 Å². The van der Waals surface area contributed by atoms with E-state index in [-0.39, 0.29) is 5.78 Å². The van der Waals surface area contributed by atoms with Crippen LogP contribution in [0.4, 0.5) is 5.69 Å². The van der Waals surface area contributed by atoms with E-state index in [0.717, 1.165) is 17.4 Å². The van der Waals surface area contributed by atoms with Gasteiger partial charge in [-0.25, -0.2) is 4.99 Å². The minimum absolute atomic E-state index is 0.149. The first-order valence-electron chi connectivity index (χ1n) is 5.34. The number of nitriles is 1. The number of aryl methyl sites for hydroxylation is 1. The first-order chi connectivity index (χ1) is 8.69. The number of hydrogen-bond acceptors (Lipinski definition) is 4. The van der Waals surface area contributed by atoms with E-state index in [1.807, 2.05) is 36.6 Å². The summed E-state index contributed by atoms with van der Waals surface area (Å²) in [6.07, 6.45) is 4.73. The van der Waals surface area contributed by atoms with Gasteiger partial charge in [0.1, 0.15) is 5.40 Å². The van der Waals surface area contributed by atoms with Gasteiger partial charge in [-0.2, -0.15) is 5.26 Å². The Bertz CT molecular complexity index is 604. The smallest absolute Gasteiger partial charge is 0.193 e. The second kappa shape index (κ2) is 5.48. The molecule has 1 aliphatic carbocycles. The standard InChI is InChI=1S/C14H10N2OS/c1-10-2-4-11(5-3-10)16-12-6-7-13(17)14(8-12)18-9-15/h2-8H,1H3. The number of hydrogen-bond donors (Lipinski definition) is 0. The van der Waals surface area contributed by atoms with Crippen LogP contribution in [0.2, 0.25) is 0 Å². The summed E-state index contributed by atoms with van der Waals surface area (Å²) in [4.78, 5) is 16.3. The van der Waals surface area contributed by atoms with Crippen molar-refractivity contribution in [2.45, 2.75) is 6.92 Å². The normalized spacial score (nSPS) is 16.6. The molecule has 2 rings (SSSR count). The first-order valence-corrected chi connectivity index (χ1v) is 6.16. The Morgan fingerprint density at radius 2 is 1.94 bits per heavy atom. The molecule has 0 fully saturated rings. The molecular weight excluding hydrogens is 244 g/mol. The summed E-state index contributed by atoms with van der Waals surface area (Å²) in [5, 5.41) is 10.5. The van der Waals surface area contributed by atoms with Gasteiger partial charge in [0, 0.05) is 0 Å². The average Bonchev–Trinajstić information content (AvgIpc) is 2.37. The van der Waals surface area contributed by atoms with Crippen molar-refractivity contribution in [2.75, 3.05) is 0 Å². The van der Waals surface area contributed by atoms with Gasteiger partial charge in [0.2, 0.25) is 0 Å². The Morgan fingerprint density at radius 3 is 2.61 bits per heavy atom. The summed E-state index contributed by atoms with van der Waals surface area (Å²) >= 11 is 0.862. The molecule has 0 bridgehead atoms. The molecule has 0 amide bonds. The second-order valence-electron chi connectivity index (χ2n) is 3.77. The summed E-state index contributed by atoms with van der Waals surface area (Å²) in [5.74, 6) is -0.149. The van der Waals surface area contributed by atoms with Crippen molar-refractivity contribution in [3.05, 3.63) is 53.0 Å². The summed E-state index contributed by atoms with van der Waals surface area (Å²) in [5.41, 5.74) is 2.67. The average molecular weight is 254 g/mol. The lowest BCUT2D eigenvalue weighted by Crippen LogP contribution is -2.04. The lowest BCUT2D eigenvalue weighted by Gasteiger charge is -2.04. The summed E-state index contributed by atoms with van der Waals surface area (Å²) in [7, 11) is 0. The van der Waals surface area contributed by atoms with Gasteiger partial charge in [-0.15, -0.1) is 0 Å². The quantitative estimate of drug-likeness (QED) is 0.601. The molecule has 1 aliphatic rings. The highest BCUT2D eigenvalue weighted by atomic mass is 32.2. The van der Waals surface area contributed by atoms with E-state index in [1.165, 1.54) is 11.6 Å². The van der Waals surface area contributed by atoms with E-state index in [0.29, 0.717) is 10.6 Å². The Labute approximate surface area is 110 Å². The summed E-state index contributed by atoms with van der Waals surface area (Å²) in [6, 6.07) is 7.78. The van der Waals surface area contributed by atoms with Gasteiger partial charge in [-0.05, 0) is 49.0 Å². The number of nitrogens with zero attached hydrogens (tertiary/aromatic N) is 2. The highest BCUT2D eigenvalue weighted by Crippen LogP contribution is 2.21. The number of carbonyl (C=O) groups excluding carboxylic acids is 1. The number of rotatable bonds is 2. The van der Waals surface area contributed by atoms with Crippen LogP contribution in [0, 0.1) is 17.6 Å². The first kappa shape index (κ1) is 12.3. The molecule has 0 N–H and O–H groups in total. The topological polar surface area (TPSA) is 53.2 Å². The number of allylic oxidation sites excluding steroid dienone is 4. The van der Waals surface area contributed by atoms with Crippen LogP contribution in [-0.2, 0) is 4.79 Å². The van der Waals surface area contributed by atoms with Crippen LogP contribution < -0.4 is 0 Å². The molecule has 0 unspecified atom stereocenters. The van der Waals surface area contributed by atoms with Gasteiger partial charge in [-0.1, -0.05) is 17.7 Å². The number of thioether (sulfide) groups is 1. The van der Waals surface area contributed by atoms with Crippen LogP contribution in [-0.4, -0.2) is 11.5 Å². The highest BCUT2D eigenvalue weighted by Gasteiger charge is 2.12. The third kappa shape index (κ3) is 2.96. The van der Waals surface area contributed by atoms with Gasteiger partial charge in [0.25, 0.3) is 0 Å². The zero-order valence-electron chi connectivity index (χ0n) is 9.75. The molecule has 1 aromatic carbocycles. The maximum atomic E-state index is 11.4. The summed E-state index contributed by atoms with van der Waals surface area (Å²) in [6.45, 7) is 2.01. The largest absolute Gasteiger partial charge is 0.289 e. The van der Waals surface area contributed by atoms with Crippen LogP contribution in [0.3, 0.4) is 0 Å². The zero-order valence-corrected chi connectivity index (χ0v) is 10.6. The molecule has 0 aliphatic heterocycles. The number of benzene rings is 1. The minimum Gasteiger partial charge on any atom is -0.289 e. The molecule has 0 aromatic heterocycles. The van der Waals surface area contributed by atoms with Gasteiger partial charge in [0.05, 0.1) is 16.3 Å². The van der Waals surface area contributed by atoms with E-state index in [2.05, 4.69) is 4.99 Å². The maximum Gasteiger partial charge on any atom is 0.193 e. The van der Waals surface area contributed by atoms with Crippen LogP contribution >= 0.6 is 11.8 Å². The molecule has 88 valence electrons. The SMILES string of the molecule is Cc1ccc(N=C2C=CC(=O)C(SC#N)=C2)cc1. The van der Waals surface area contributed by atoms with Crippen LogP contribution in [0.25, 0.3) is 0 Å². The monoisotopic (exact) mass is 254 g/mol. The van der Waals surface area contributed by atoms with Crippen molar-refractivity contribution >= 4 is 28.9 Å². The van der Waals surface area contributed by atoms with Gasteiger partial charge < -0.3 is 0 Å². The van der Waals surface area contributed by atoms with Crippen molar-refractivity contribution in [2.24, 2.45) is 4.99 Å². The van der Waals surface area contributed by atoms with E-state index in [9.17, 15) is 4.79 Å². The molecular formula is C14H10N2OS. The lowest BCUT2D eigenvalue weighted by atomic mass is 10.1. The molecule has 0 spiro atoms. The second-order valence-corrected chi connectivity index (χ2v) is 4.60. The molecule has 0 heterocycles. The fraction of sp³-hybridized carbons (Fsp3) is 0.0714. The Morgan fingerprint density at radius 1 is 1.22 bits per heavy atom. The zero-order chi connectivity index (χ0) is 13.0. The molecule has 4 heteroatoms. The predicted octanol–water partition coefficient (Wildman–Crippen LogP) is 3.30. The number of thiocyanates is 1. The van der Waals surface area contributed by atoms with Crippen molar-refractivity contribution in [1.82, 2.24) is 0 Å². The molecule has 0 saturated heterocycles. The maximum absolute atomic E-state index is 11.4. The van der Waals surface area contributed by atoms with Gasteiger partial charge in [0.15, 0.2) is 5.78 Å². The van der Waals surface area contributed by atoms with E-state index in [4.69, 9.17) is 5.26 Å². The highest BCUT2D eigenvalue weighted by molar-refractivity contribution is 8.08. The third-order valence-electron chi connectivity index (χ3n) is 2.38. The van der Waals surface area contributed by atoms with Crippen LogP contribution in [0.5, 0.6) is 0 Å². The molecule has 18 heavy (non-hydrogen) atoms. The lowest BCUT2D eigenvalue weighted by molar-refractivity contribution is -0.110. The van der Waals surface area contributed by atoms with E-state index < -0.39 is 0 Å². The van der Waals surface area contributed by atoms with Crippen molar-refractivity contribution in [1.29, 1.82) is 5.26 Å². The Balaban J connectivity index is 2.29. The Hall–Kier alpha value is -2.12. The predicted molar refractivity (Wildman–Crippen MR) is 73.7 cm³/mol. The fourth-order valence-corrected chi connectivity index (χ4v) is 1.91. The van der Waals surface area contributed by atoms with Crippen molar-refractivity contribution < 1.29 is 4.79 Å². The van der Waals surface area contributed by atoms with E-state index in [1.54, 1.807) is 12.2 Å². The van der Waals surface area contributed by atoms with Crippen molar-refractivity contribution in [3.63, 3.8) is 0 Å². The van der Waals surface area contributed by atoms with Crippen molar-refractivity contribution in [3.8, 4) is 5.40 Å². The minimum atomic E-state index is -0.149. The van der Waals surface area contributed by atoms with Gasteiger partial charge in [-0.3, -0.25) is 4.79 Å². The number of carbonyl (C=O) groups is 1. The molecule has 0 atom stereocenters. The fourth-order valence-electron chi connectivity index (χ4n) is 1.46. The molecule has 0 radical (unpaired) electrons. The molecule has 1 aromatic rings. The molecule has 3 nitrogen and oxygen atoms in total. The van der Waals surface area contributed by atoms with Crippen LogP contribution in [0.1, 0.15) is 5.56 Å². The third-order valence-corrected chi connectivity index (χ3v) is 3.01.